The number of hydrogen-bond acceptors (Lipinski definition) is 2. The molecule has 0 N–H and O–H groups in total. The SMILES string of the molecule is [CH2-]C[C@@H](C)CC(=O)OC.[Zn+][I]. The number of methoxy groups -OCH3 is 1. The van der Waals surface area contributed by atoms with Gasteiger partial charge in [-0.2, -0.15) is 6.42 Å². The first-order chi connectivity index (χ1) is 5.20. The summed E-state index contributed by atoms with van der Waals surface area (Å²) in [6.07, 6.45) is 1.27. The third-order valence-corrected chi connectivity index (χ3v) is 1.24. The van der Waals surface area contributed by atoms with Gasteiger partial charge in [0.15, 0.2) is 0 Å². The van der Waals surface area contributed by atoms with E-state index in [4.69, 9.17) is 0 Å². The summed E-state index contributed by atoms with van der Waals surface area (Å²) in [5.41, 5.74) is 0. The summed E-state index contributed by atoms with van der Waals surface area (Å²) in [4.78, 5) is 10.5. The van der Waals surface area contributed by atoms with Gasteiger partial charge in [-0.1, -0.05) is 12.8 Å². The third-order valence-electron chi connectivity index (χ3n) is 1.24. The second-order valence-corrected chi connectivity index (χ2v) is 2.17. The summed E-state index contributed by atoms with van der Waals surface area (Å²) in [5.74, 6) is 0.198. The maximum atomic E-state index is 10.5. The molecule has 0 bridgehead atoms. The normalized spacial score (nSPS) is 11.1. The van der Waals surface area contributed by atoms with Gasteiger partial charge in [-0.15, -0.1) is 0 Å². The van der Waals surface area contributed by atoms with Crippen LogP contribution in [-0.4, -0.2) is 13.1 Å². The summed E-state index contributed by atoms with van der Waals surface area (Å²) in [5, 5.41) is 0. The molecule has 0 saturated heterocycles. The molecule has 0 aliphatic heterocycles. The van der Waals surface area contributed by atoms with Crippen molar-refractivity contribution in [1.82, 2.24) is 0 Å². The molecule has 2 nitrogen and oxygen atoms in total. The van der Waals surface area contributed by atoms with Crippen LogP contribution in [0.1, 0.15) is 19.8 Å². The van der Waals surface area contributed by atoms with E-state index in [0.717, 1.165) is 6.42 Å². The maximum absolute atomic E-state index is 10.5. The van der Waals surface area contributed by atoms with Crippen LogP contribution in [-0.2, 0) is 24.3 Å². The Bertz CT molecular complexity index is 98.4. The van der Waals surface area contributed by atoms with Crippen molar-refractivity contribution >= 4 is 25.7 Å². The van der Waals surface area contributed by atoms with Crippen LogP contribution >= 0.6 is 19.8 Å². The van der Waals surface area contributed by atoms with E-state index < -0.39 is 0 Å². The molecule has 0 aromatic heterocycles. The summed E-state index contributed by atoms with van der Waals surface area (Å²) in [6.45, 7) is 5.64. The first-order valence-corrected chi connectivity index (χ1v) is 12.4. The van der Waals surface area contributed by atoms with Gasteiger partial charge in [-0.05, 0) is 0 Å². The van der Waals surface area contributed by atoms with Gasteiger partial charge in [0.1, 0.15) is 0 Å². The summed E-state index contributed by atoms with van der Waals surface area (Å²) < 4.78 is 4.46. The topological polar surface area (TPSA) is 26.3 Å². The van der Waals surface area contributed by atoms with Crippen LogP contribution in [0.15, 0.2) is 0 Å². The van der Waals surface area contributed by atoms with E-state index in [-0.39, 0.29) is 5.97 Å². The molecule has 0 saturated carbocycles. The summed E-state index contributed by atoms with van der Waals surface area (Å²) >= 11 is 3.62. The quantitative estimate of drug-likeness (QED) is 0.345. The van der Waals surface area contributed by atoms with E-state index in [0.29, 0.717) is 12.3 Å². The Morgan fingerprint density at radius 3 is 2.45 bits per heavy atom. The Kier molecular flexibility index (Phi) is 14.1. The molecular formula is C7H13IO2Zn. The van der Waals surface area contributed by atoms with Gasteiger partial charge in [-0.25, -0.2) is 0 Å². The van der Waals surface area contributed by atoms with Crippen molar-refractivity contribution in [3.63, 3.8) is 0 Å². The first kappa shape index (κ1) is 14.4. The van der Waals surface area contributed by atoms with Crippen molar-refractivity contribution in [2.24, 2.45) is 5.92 Å². The minimum absolute atomic E-state index is 0.147. The number of carbonyl (C=O) groups excluding carboxylic acids is 1. The fourth-order valence-corrected chi connectivity index (χ4v) is 0.470. The van der Waals surface area contributed by atoms with Crippen molar-refractivity contribution in [1.29, 1.82) is 0 Å². The number of ether oxygens (including phenoxy) is 1. The molecule has 11 heavy (non-hydrogen) atoms. The third kappa shape index (κ3) is 10.8. The molecule has 0 fully saturated rings. The minimum atomic E-state index is -0.147. The van der Waals surface area contributed by atoms with Crippen LogP contribution in [0.25, 0.3) is 0 Å². The molecule has 0 aromatic carbocycles. The molecule has 0 aliphatic rings. The van der Waals surface area contributed by atoms with Crippen molar-refractivity contribution < 1.29 is 24.3 Å². The van der Waals surface area contributed by atoms with Crippen molar-refractivity contribution in [2.75, 3.05) is 7.11 Å². The zero-order chi connectivity index (χ0) is 9.28. The van der Waals surface area contributed by atoms with E-state index in [1.54, 1.807) is 0 Å². The molecule has 0 spiro atoms. The van der Waals surface area contributed by atoms with Gasteiger partial charge in [0.05, 0.1) is 7.11 Å². The van der Waals surface area contributed by atoms with E-state index in [1.165, 1.54) is 21.9 Å². The molecular weight excluding hydrogens is 308 g/mol. The molecule has 0 aromatic rings. The molecule has 0 unspecified atom stereocenters. The Hall–Kier alpha value is 0.823. The van der Waals surface area contributed by atoms with Gasteiger partial charge in [0.2, 0.25) is 0 Å². The number of carbonyl (C=O) groups is 1. The molecule has 0 amide bonds. The number of esters is 1. The second kappa shape index (κ2) is 10.8. The fourth-order valence-electron chi connectivity index (χ4n) is 0.470. The Labute approximate surface area is 89.3 Å². The predicted octanol–water partition coefficient (Wildman–Crippen LogP) is 2.29. The average Bonchev–Trinajstić information content (AvgIpc) is 2.07. The zero-order valence-corrected chi connectivity index (χ0v) is 12.2. The first-order valence-electron chi connectivity index (χ1n) is 3.33. The molecule has 0 radical (unpaired) electrons. The van der Waals surface area contributed by atoms with E-state index in [2.05, 4.69) is 31.4 Å². The fraction of sp³-hybridized carbons (Fsp3) is 0.714. The number of halogens is 1. The van der Waals surface area contributed by atoms with E-state index >= 15 is 0 Å². The Morgan fingerprint density at radius 2 is 2.18 bits per heavy atom. The van der Waals surface area contributed by atoms with Gasteiger partial charge >= 0.3 is 40.5 Å². The molecule has 62 valence electrons. The monoisotopic (exact) mass is 320 g/mol. The van der Waals surface area contributed by atoms with Crippen molar-refractivity contribution in [2.45, 2.75) is 19.8 Å². The number of rotatable bonds is 3. The van der Waals surface area contributed by atoms with Crippen LogP contribution < -0.4 is 0 Å². The molecule has 0 heterocycles. The summed E-state index contributed by atoms with van der Waals surface area (Å²) in [7, 11) is 1.40. The van der Waals surface area contributed by atoms with Crippen LogP contribution in [0.3, 0.4) is 0 Å². The van der Waals surface area contributed by atoms with Gasteiger partial charge in [0, 0.05) is 6.42 Å². The van der Waals surface area contributed by atoms with Crippen LogP contribution in [0.2, 0.25) is 0 Å². The van der Waals surface area contributed by atoms with E-state index in [9.17, 15) is 4.79 Å². The molecule has 1 atom stereocenters. The standard InChI is InChI=1S/C7H13O2.HI.Zn/c1-4-6(2)5-7(8)9-3;;/h6H,1,4-5H2,2-3H3;1H;/q-1;;+2/p-1/t6-;;/m1../s1. The van der Waals surface area contributed by atoms with Crippen molar-refractivity contribution in [3.8, 4) is 0 Å². The van der Waals surface area contributed by atoms with Crippen LogP contribution in [0.5, 0.6) is 0 Å². The Balaban J connectivity index is 0. The van der Waals surface area contributed by atoms with Crippen LogP contribution in [0.4, 0.5) is 0 Å². The number of hydrogen-bond donors (Lipinski definition) is 0. The predicted molar refractivity (Wildman–Crippen MR) is 49.8 cm³/mol. The molecule has 4 heteroatoms. The van der Waals surface area contributed by atoms with E-state index in [1.807, 2.05) is 6.92 Å². The van der Waals surface area contributed by atoms with Gasteiger partial charge in [0.25, 0.3) is 0 Å². The average molecular weight is 321 g/mol. The van der Waals surface area contributed by atoms with Gasteiger partial charge in [-0.3, -0.25) is 4.79 Å². The van der Waals surface area contributed by atoms with Crippen molar-refractivity contribution in [3.05, 3.63) is 6.92 Å². The Morgan fingerprint density at radius 1 is 1.73 bits per heavy atom. The summed E-state index contributed by atoms with van der Waals surface area (Å²) in [6, 6.07) is 0. The molecule has 0 aliphatic carbocycles. The van der Waals surface area contributed by atoms with Crippen LogP contribution in [0, 0.1) is 12.8 Å². The zero-order valence-electron chi connectivity index (χ0n) is 7.10. The second-order valence-electron chi connectivity index (χ2n) is 2.17. The molecule has 0 rings (SSSR count). The van der Waals surface area contributed by atoms with Gasteiger partial charge < -0.3 is 11.7 Å².